The van der Waals surface area contributed by atoms with E-state index in [0.29, 0.717) is 17.0 Å². The highest BCUT2D eigenvalue weighted by atomic mass is 16.2. The topological polar surface area (TPSA) is 53.5 Å². The maximum Gasteiger partial charge on any atom is 0.255 e. The van der Waals surface area contributed by atoms with Crippen LogP contribution >= 0.6 is 0 Å². The number of pyridine rings is 1. The molecule has 5 nitrogen and oxygen atoms in total. The smallest absolute Gasteiger partial charge is 0.255 e. The van der Waals surface area contributed by atoms with Gasteiger partial charge in [-0.1, -0.05) is 20.8 Å². The molecule has 2 rings (SSSR count). The number of amides is 2. The van der Waals surface area contributed by atoms with Gasteiger partial charge in [-0.05, 0) is 37.7 Å². The van der Waals surface area contributed by atoms with Crippen molar-refractivity contribution in [2.45, 2.75) is 46.5 Å². The first kappa shape index (κ1) is 18.4. The van der Waals surface area contributed by atoms with E-state index in [4.69, 9.17) is 0 Å². The second-order valence-corrected chi connectivity index (χ2v) is 6.75. The van der Waals surface area contributed by atoms with Gasteiger partial charge in [0.1, 0.15) is 0 Å². The normalized spacial score (nSPS) is 17.6. The molecular weight excluding hydrogens is 302 g/mol. The minimum absolute atomic E-state index is 0.0127. The Bertz CT molecular complexity index is 535. The van der Waals surface area contributed by atoms with Gasteiger partial charge in [0.15, 0.2) is 0 Å². The summed E-state index contributed by atoms with van der Waals surface area (Å²) < 4.78 is 0. The summed E-state index contributed by atoms with van der Waals surface area (Å²) in [7, 11) is 0. The fourth-order valence-electron chi connectivity index (χ4n) is 3.27. The second kappa shape index (κ2) is 8.81. The first-order chi connectivity index (χ1) is 11.6. The Labute approximate surface area is 145 Å². The summed E-state index contributed by atoms with van der Waals surface area (Å²) in [4.78, 5) is 33.3. The molecule has 132 valence electrons. The van der Waals surface area contributed by atoms with Crippen LogP contribution in [0.3, 0.4) is 0 Å². The molecule has 1 aromatic heterocycles. The van der Waals surface area contributed by atoms with Crippen LogP contribution in [0.15, 0.2) is 18.5 Å². The van der Waals surface area contributed by atoms with Crippen LogP contribution in [0.5, 0.6) is 0 Å². The van der Waals surface area contributed by atoms with Crippen LogP contribution in [0.2, 0.25) is 0 Å². The molecule has 5 heteroatoms. The van der Waals surface area contributed by atoms with Crippen molar-refractivity contribution < 1.29 is 9.59 Å². The lowest BCUT2D eigenvalue weighted by Crippen LogP contribution is -2.39. The van der Waals surface area contributed by atoms with Gasteiger partial charge in [0.05, 0.1) is 11.1 Å². The van der Waals surface area contributed by atoms with Gasteiger partial charge in [-0.2, -0.15) is 0 Å². The molecule has 1 aliphatic rings. The maximum absolute atomic E-state index is 12.7. The fourth-order valence-corrected chi connectivity index (χ4v) is 3.27. The zero-order chi connectivity index (χ0) is 17.5. The van der Waals surface area contributed by atoms with E-state index in [1.807, 2.05) is 9.80 Å². The largest absolute Gasteiger partial charge is 0.339 e. The van der Waals surface area contributed by atoms with Crippen LogP contribution in [-0.4, -0.2) is 52.8 Å². The highest BCUT2D eigenvalue weighted by Crippen LogP contribution is 2.18. The second-order valence-electron chi connectivity index (χ2n) is 6.75. The van der Waals surface area contributed by atoms with Gasteiger partial charge in [-0.3, -0.25) is 14.6 Å². The number of rotatable bonds is 6. The van der Waals surface area contributed by atoms with E-state index in [2.05, 4.69) is 25.8 Å². The van der Waals surface area contributed by atoms with E-state index in [-0.39, 0.29) is 11.8 Å². The summed E-state index contributed by atoms with van der Waals surface area (Å²) in [6.07, 6.45) is 7.19. The molecule has 1 aromatic rings. The monoisotopic (exact) mass is 331 g/mol. The van der Waals surface area contributed by atoms with Crippen molar-refractivity contribution in [1.82, 2.24) is 14.8 Å². The molecule has 1 unspecified atom stereocenters. The van der Waals surface area contributed by atoms with Crippen molar-refractivity contribution in [2.75, 3.05) is 26.2 Å². The number of piperidine rings is 1. The molecule has 0 radical (unpaired) electrons. The Morgan fingerprint density at radius 3 is 2.50 bits per heavy atom. The lowest BCUT2D eigenvalue weighted by atomic mass is 9.99. The van der Waals surface area contributed by atoms with Crippen molar-refractivity contribution in [1.29, 1.82) is 0 Å². The van der Waals surface area contributed by atoms with E-state index in [1.54, 1.807) is 18.5 Å². The van der Waals surface area contributed by atoms with Crippen LogP contribution in [0.4, 0.5) is 0 Å². The van der Waals surface area contributed by atoms with Crippen molar-refractivity contribution >= 4 is 11.8 Å². The van der Waals surface area contributed by atoms with Gasteiger partial charge in [0, 0.05) is 38.6 Å². The maximum atomic E-state index is 12.7. The Kier molecular flexibility index (Phi) is 6.76. The molecule has 2 heterocycles. The molecule has 2 amide bonds. The van der Waals surface area contributed by atoms with Gasteiger partial charge in [0.25, 0.3) is 11.8 Å². The highest BCUT2D eigenvalue weighted by molar-refractivity contribution is 5.99. The zero-order valence-electron chi connectivity index (χ0n) is 15.1. The molecule has 1 aliphatic heterocycles. The van der Waals surface area contributed by atoms with Gasteiger partial charge < -0.3 is 9.80 Å². The quantitative estimate of drug-likeness (QED) is 0.804. The molecule has 24 heavy (non-hydrogen) atoms. The minimum atomic E-state index is -0.0344. The third kappa shape index (κ3) is 4.56. The third-order valence-corrected chi connectivity index (χ3v) is 4.45. The van der Waals surface area contributed by atoms with Crippen molar-refractivity contribution in [3.8, 4) is 0 Å². The van der Waals surface area contributed by atoms with E-state index in [9.17, 15) is 9.59 Å². The van der Waals surface area contributed by atoms with Crippen LogP contribution in [0, 0.1) is 5.92 Å². The zero-order valence-corrected chi connectivity index (χ0v) is 15.1. The third-order valence-electron chi connectivity index (χ3n) is 4.45. The summed E-state index contributed by atoms with van der Waals surface area (Å²) in [5, 5.41) is 0. The summed E-state index contributed by atoms with van der Waals surface area (Å²) in [5.41, 5.74) is 1.02. The van der Waals surface area contributed by atoms with Gasteiger partial charge in [0.2, 0.25) is 0 Å². The molecule has 0 aliphatic carbocycles. The van der Waals surface area contributed by atoms with Gasteiger partial charge >= 0.3 is 0 Å². The predicted octanol–water partition coefficient (Wildman–Crippen LogP) is 3.22. The van der Waals surface area contributed by atoms with E-state index < -0.39 is 0 Å². The average Bonchev–Trinajstić information content (AvgIpc) is 2.60. The van der Waals surface area contributed by atoms with E-state index in [1.165, 1.54) is 6.42 Å². The number of aromatic nitrogens is 1. The summed E-state index contributed by atoms with van der Waals surface area (Å²) in [5.74, 6) is 0.485. The number of nitrogens with zero attached hydrogens (tertiary/aromatic N) is 3. The molecule has 1 saturated heterocycles. The molecule has 0 saturated carbocycles. The molecule has 1 atom stereocenters. The molecule has 0 spiro atoms. The standard InChI is InChI=1S/C19H29N3O2/c1-4-8-21(9-5-2)18(23)16-11-17(13-20-12-16)19(24)22-10-6-7-15(3)14-22/h11-13,15H,4-10,14H2,1-3H3. The predicted molar refractivity (Wildman–Crippen MR) is 95.0 cm³/mol. The first-order valence-electron chi connectivity index (χ1n) is 9.10. The SMILES string of the molecule is CCCN(CCC)C(=O)c1cncc(C(=O)N2CCCC(C)C2)c1. The summed E-state index contributed by atoms with van der Waals surface area (Å²) >= 11 is 0. The van der Waals surface area contributed by atoms with Crippen LogP contribution in [0.25, 0.3) is 0 Å². The number of likely N-dealkylation sites (tertiary alicyclic amines) is 1. The molecule has 0 N–H and O–H groups in total. The Hall–Kier alpha value is -1.91. The molecule has 1 fully saturated rings. The number of hydrogen-bond donors (Lipinski definition) is 0. The lowest BCUT2D eigenvalue weighted by molar-refractivity contribution is 0.0682. The molecule has 0 aromatic carbocycles. The van der Waals surface area contributed by atoms with E-state index in [0.717, 1.165) is 45.4 Å². The Balaban J connectivity index is 2.15. The minimum Gasteiger partial charge on any atom is -0.339 e. The number of carbonyl (C=O) groups is 2. The fraction of sp³-hybridized carbons (Fsp3) is 0.632. The average molecular weight is 331 g/mol. The highest BCUT2D eigenvalue weighted by Gasteiger charge is 2.23. The van der Waals surface area contributed by atoms with Crippen molar-refractivity contribution in [2.24, 2.45) is 5.92 Å². The number of hydrogen-bond acceptors (Lipinski definition) is 3. The van der Waals surface area contributed by atoms with Crippen molar-refractivity contribution in [3.63, 3.8) is 0 Å². The first-order valence-corrected chi connectivity index (χ1v) is 9.10. The summed E-state index contributed by atoms with van der Waals surface area (Å²) in [6.45, 7) is 9.33. The Morgan fingerprint density at radius 2 is 1.88 bits per heavy atom. The molecular formula is C19H29N3O2. The van der Waals surface area contributed by atoms with Gasteiger partial charge in [-0.25, -0.2) is 0 Å². The van der Waals surface area contributed by atoms with Crippen LogP contribution < -0.4 is 0 Å². The van der Waals surface area contributed by atoms with Crippen LogP contribution in [0.1, 0.15) is 67.2 Å². The Morgan fingerprint density at radius 1 is 1.21 bits per heavy atom. The van der Waals surface area contributed by atoms with Crippen molar-refractivity contribution in [3.05, 3.63) is 29.6 Å². The van der Waals surface area contributed by atoms with Gasteiger partial charge in [-0.15, -0.1) is 0 Å². The number of carbonyl (C=O) groups excluding carboxylic acids is 2. The van der Waals surface area contributed by atoms with Crippen LogP contribution in [-0.2, 0) is 0 Å². The van der Waals surface area contributed by atoms with E-state index >= 15 is 0 Å². The lowest BCUT2D eigenvalue weighted by Gasteiger charge is -2.31. The molecule has 0 bridgehead atoms. The summed E-state index contributed by atoms with van der Waals surface area (Å²) in [6, 6.07) is 1.70.